The zero-order valence-corrected chi connectivity index (χ0v) is 17.2. The third-order valence-electron chi connectivity index (χ3n) is 4.55. The molecule has 3 aromatic rings. The number of phenolic OH excluding ortho intramolecular Hbond substituents is 1. The van der Waals surface area contributed by atoms with Crippen molar-refractivity contribution in [1.82, 2.24) is 9.71 Å². The molecule has 152 valence electrons. The van der Waals surface area contributed by atoms with E-state index in [0.29, 0.717) is 16.1 Å². The zero-order valence-electron chi connectivity index (χ0n) is 15.6. The molecule has 9 heteroatoms. The number of pyridine rings is 1. The lowest BCUT2D eigenvalue weighted by molar-refractivity contribution is -0.144. The van der Waals surface area contributed by atoms with E-state index in [2.05, 4.69) is 9.71 Å². The minimum Gasteiger partial charge on any atom is -0.508 e. The Balaban J connectivity index is 1.91. The number of carboxylic acids is 1. The molecule has 2 aromatic heterocycles. The summed E-state index contributed by atoms with van der Waals surface area (Å²) in [6.45, 7) is 1.62. The molecule has 0 aliphatic heterocycles. The second kappa shape index (κ2) is 8.32. The molecule has 0 spiro atoms. The van der Waals surface area contributed by atoms with Crippen molar-refractivity contribution in [2.75, 3.05) is 0 Å². The molecule has 3 N–H and O–H groups in total. The number of nitrogens with one attached hydrogen (secondary N) is 1. The van der Waals surface area contributed by atoms with Crippen molar-refractivity contribution in [3.8, 4) is 16.3 Å². The Labute approximate surface area is 172 Å². The predicted octanol–water partition coefficient (Wildman–Crippen LogP) is 3.27. The summed E-state index contributed by atoms with van der Waals surface area (Å²) in [6.07, 6.45) is 1.60. The van der Waals surface area contributed by atoms with Gasteiger partial charge in [-0.3, -0.25) is 9.78 Å². The van der Waals surface area contributed by atoms with Crippen molar-refractivity contribution >= 4 is 27.3 Å². The van der Waals surface area contributed by atoms with Crippen molar-refractivity contribution in [2.45, 2.75) is 29.5 Å². The molecule has 0 aliphatic carbocycles. The largest absolute Gasteiger partial charge is 0.508 e. The Kier molecular flexibility index (Phi) is 6.02. The summed E-state index contributed by atoms with van der Waals surface area (Å²) in [5, 5.41) is 19.3. The van der Waals surface area contributed by atoms with Crippen LogP contribution in [0.2, 0.25) is 0 Å². The van der Waals surface area contributed by atoms with Gasteiger partial charge in [0.2, 0.25) is 0 Å². The van der Waals surface area contributed by atoms with Crippen molar-refractivity contribution in [2.24, 2.45) is 0 Å². The lowest BCUT2D eigenvalue weighted by atomic mass is 9.89. The molecule has 2 heterocycles. The first kappa shape index (κ1) is 21.0. The fourth-order valence-corrected chi connectivity index (χ4v) is 5.60. The van der Waals surface area contributed by atoms with Crippen LogP contribution in [-0.4, -0.2) is 35.1 Å². The monoisotopic (exact) mass is 432 g/mol. The highest BCUT2D eigenvalue weighted by Gasteiger charge is 2.41. The van der Waals surface area contributed by atoms with Crippen molar-refractivity contribution in [3.05, 3.63) is 66.4 Å². The van der Waals surface area contributed by atoms with E-state index in [1.807, 2.05) is 0 Å². The number of aromatic hydroxyl groups is 1. The summed E-state index contributed by atoms with van der Waals surface area (Å²) in [5.74, 6) is -1.22. The maximum Gasteiger partial charge on any atom is 0.325 e. The number of carbonyl (C=O) groups is 1. The molecule has 0 saturated carbocycles. The van der Waals surface area contributed by atoms with E-state index >= 15 is 0 Å². The first-order valence-corrected chi connectivity index (χ1v) is 11.1. The number of nitrogens with zero attached hydrogens (tertiary/aromatic N) is 1. The number of rotatable bonds is 8. The molecule has 3 rings (SSSR count). The maximum atomic E-state index is 13.0. The average Bonchev–Trinajstić information content (AvgIpc) is 3.21. The normalized spacial score (nSPS) is 13.7. The van der Waals surface area contributed by atoms with Gasteiger partial charge in [0.05, 0.1) is 10.6 Å². The zero-order chi connectivity index (χ0) is 21.1. The summed E-state index contributed by atoms with van der Waals surface area (Å²) in [7, 11) is -4.08. The maximum absolute atomic E-state index is 13.0. The van der Waals surface area contributed by atoms with Crippen molar-refractivity contribution in [3.63, 3.8) is 0 Å². The van der Waals surface area contributed by atoms with Crippen LogP contribution >= 0.6 is 11.3 Å². The number of sulfonamides is 1. The lowest BCUT2D eigenvalue weighted by Gasteiger charge is -2.29. The number of hydrogen-bond acceptors (Lipinski definition) is 6. The van der Waals surface area contributed by atoms with Gasteiger partial charge in [0.15, 0.2) is 0 Å². The first-order chi connectivity index (χ1) is 13.8. The Morgan fingerprint density at radius 2 is 1.86 bits per heavy atom. The van der Waals surface area contributed by atoms with Gasteiger partial charge < -0.3 is 10.2 Å². The van der Waals surface area contributed by atoms with Crippen LogP contribution in [0.3, 0.4) is 0 Å². The Hall–Kier alpha value is -2.75. The molecule has 0 fully saturated rings. The van der Waals surface area contributed by atoms with Gasteiger partial charge in [0.25, 0.3) is 10.0 Å². The number of thiophene rings is 1. The number of phenols is 1. The van der Waals surface area contributed by atoms with Gasteiger partial charge in [0, 0.05) is 12.6 Å². The van der Waals surface area contributed by atoms with Gasteiger partial charge in [-0.25, -0.2) is 8.42 Å². The van der Waals surface area contributed by atoms with E-state index in [4.69, 9.17) is 0 Å². The van der Waals surface area contributed by atoms with E-state index < -0.39 is 21.5 Å². The summed E-state index contributed by atoms with van der Waals surface area (Å²) >= 11 is 1.03. The number of aromatic nitrogens is 1. The van der Waals surface area contributed by atoms with Crippen LogP contribution < -0.4 is 4.72 Å². The number of benzene rings is 1. The predicted molar refractivity (Wildman–Crippen MR) is 110 cm³/mol. The fourth-order valence-electron chi connectivity index (χ4n) is 2.88. The molecular weight excluding hydrogens is 412 g/mol. The van der Waals surface area contributed by atoms with Crippen LogP contribution in [0.25, 0.3) is 10.6 Å². The molecule has 7 nitrogen and oxygen atoms in total. The summed E-state index contributed by atoms with van der Waals surface area (Å²) in [4.78, 5) is 17.0. The first-order valence-electron chi connectivity index (χ1n) is 8.82. The van der Waals surface area contributed by atoms with Gasteiger partial charge in [-0.1, -0.05) is 25.1 Å². The van der Waals surface area contributed by atoms with Gasteiger partial charge in [-0.15, -0.1) is 11.3 Å². The fraction of sp³-hybridized carbons (Fsp3) is 0.200. The van der Waals surface area contributed by atoms with Crippen LogP contribution in [0.15, 0.2) is 65.0 Å². The van der Waals surface area contributed by atoms with Crippen LogP contribution in [0.1, 0.15) is 18.9 Å². The van der Waals surface area contributed by atoms with Gasteiger partial charge in [0.1, 0.15) is 15.5 Å². The highest BCUT2D eigenvalue weighted by Crippen LogP contribution is 2.31. The smallest absolute Gasteiger partial charge is 0.325 e. The Morgan fingerprint density at radius 3 is 2.45 bits per heavy atom. The molecule has 0 aliphatic rings. The number of carboxylic acid groups (broad SMARTS) is 1. The Morgan fingerprint density at radius 1 is 1.14 bits per heavy atom. The minimum absolute atomic E-state index is 0.0166. The molecule has 0 bridgehead atoms. The third kappa shape index (κ3) is 4.64. The molecular formula is C20H20N2O5S2. The molecule has 0 radical (unpaired) electrons. The van der Waals surface area contributed by atoms with Crippen molar-refractivity contribution < 1.29 is 23.4 Å². The van der Waals surface area contributed by atoms with Crippen LogP contribution in [-0.2, 0) is 21.2 Å². The molecule has 1 aromatic carbocycles. The average molecular weight is 433 g/mol. The second-order valence-electron chi connectivity index (χ2n) is 6.52. The Bertz CT molecular complexity index is 1100. The topological polar surface area (TPSA) is 117 Å². The molecule has 29 heavy (non-hydrogen) atoms. The summed E-state index contributed by atoms with van der Waals surface area (Å²) in [5.41, 5.74) is -0.483. The van der Waals surface area contributed by atoms with Gasteiger partial charge in [-0.2, -0.15) is 4.72 Å². The molecule has 1 unspecified atom stereocenters. The van der Waals surface area contributed by atoms with E-state index in [-0.39, 0.29) is 22.8 Å². The summed E-state index contributed by atoms with van der Waals surface area (Å²) in [6, 6.07) is 14.4. The van der Waals surface area contributed by atoms with Crippen LogP contribution in [0, 0.1) is 0 Å². The minimum atomic E-state index is -4.08. The molecule has 0 saturated heterocycles. The number of aliphatic carboxylic acids is 1. The number of hydrogen-bond donors (Lipinski definition) is 3. The van der Waals surface area contributed by atoms with E-state index in [1.54, 1.807) is 49.5 Å². The molecule has 0 amide bonds. The summed E-state index contributed by atoms with van der Waals surface area (Å²) < 4.78 is 28.4. The standard InChI is InChI=1S/C20H20N2O5S2/c1-2-20(19(24)25,13-14-6-8-15(23)9-7-14)22-29(26,27)18-11-10-17(28-18)16-5-3-4-12-21-16/h3-12,22-23H,2,13H2,1H3,(H,24,25). The second-order valence-corrected chi connectivity index (χ2v) is 9.52. The SMILES string of the molecule is CCC(Cc1ccc(O)cc1)(NS(=O)(=O)c1ccc(-c2ccccn2)s1)C(=O)O. The quantitative estimate of drug-likeness (QED) is 0.503. The highest BCUT2D eigenvalue weighted by atomic mass is 32.2. The van der Waals surface area contributed by atoms with Crippen molar-refractivity contribution in [1.29, 1.82) is 0 Å². The van der Waals surface area contributed by atoms with E-state index in [1.165, 1.54) is 18.2 Å². The van der Waals surface area contributed by atoms with Crippen LogP contribution in [0.5, 0.6) is 5.75 Å². The van der Waals surface area contributed by atoms with E-state index in [9.17, 15) is 23.4 Å². The molecule has 1 atom stereocenters. The van der Waals surface area contributed by atoms with Gasteiger partial charge in [-0.05, 0) is 48.4 Å². The van der Waals surface area contributed by atoms with Gasteiger partial charge >= 0.3 is 5.97 Å². The van der Waals surface area contributed by atoms with E-state index in [0.717, 1.165) is 11.3 Å². The highest BCUT2D eigenvalue weighted by molar-refractivity contribution is 7.91. The third-order valence-corrected chi connectivity index (χ3v) is 7.68. The van der Waals surface area contributed by atoms with Crippen LogP contribution in [0.4, 0.5) is 0 Å². The lowest BCUT2D eigenvalue weighted by Crippen LogP contribution is -2.55.